The molecule has 0 spiro atoms. The van der Waals surface area contributed by atoms with Gasteiger partial charge in [0.15, 0.2) is 0 Å². The van der Waals surface area contributed by atoms with Crippen LogP contribution in [0.15, 0.2) is 36.9 Å². The van der Waals surface area contributed by atoms with E-state index in [0.717, 1.165) is 17.1 Å². The summed E-state index contributed by atoms with van der Waals surface area (Å²) in [6.07, 6.45) is 6.89. The maximum atomic E-state index is 5.68. The zero-order chi connectivity index (χ0) is 11.2. The molecule has 1 N–H and O–H groups in total. The Hall–Kier alpha value is -1.68. The second-order valence-electron chi connectivity index (χ2n) is 3.24. The van der Waals surface area contributed by atoms with Crippen LogP contribution in [0.2, 0.25) is 0 Å². The summed E-state index contributed by atoms with van der Waals surface area (Å²) in [6, 6.07) is 3.90. The van der Waals surface area contributed by atoms with Crippen molar-refractivity contribution in [2.75, 3.05) is 5.32 Å². The van der Waals surface area contributed by atoms with E-state index in [2.05, 4.69) is 20.3 Å². The lowest BCUT2D eigenvalue weighted by molar-refractivity contribution is 1.04. The van der Waals surface area contributed by atoms with E-state index in [1.807, 2.05) is 18.3 Å². The Morgan fingerprint density at radius 3 is 2.88 bits per heavy atom. The summed E-state index contributed by atoms with van der Waals surface area (Å²) >= 11 is 5.68. The first kappa shape index (κ1) is 10.8. The largest absolute Gasteiger partial charge is 0.365 e. The van der Waals surface area contributed by atoms with Crippen LogP contribution in [-0.2, 0) is 12.4 Å². The predicted octanol–water partition coefficient (Wildman–Crippen LogP) is 2.22. The van der Waals surface area contributed by atoms with Crippen molar-refractivity contribution in [1.29, 1.82) is 0 Å². The van der Waals surface area contributed by atoms with E-state index in [4.69, 9.17) is 11.6 Å². The SMILES string of the molecule is ClCc1cncc(NCc2cccnc2)n1. The fourth-order valence-electron chi connectivity index (χ4n) is 1.25. The number of nitrogens with one attached hydrogen (secondary N) is 1. The molecule has 0 aliphatic rings. The highest BCUT2D eigenvalue weighted by Crippen LogP contribution is 2.06. The van der Waals surface area contributed by atoms with Crippen LogP contribution in [0.3, 0.4) is 0 Å². The van der Waals surface area contributed by atoms with Crippen molar-refractivity contribution in [3.63, 3.8) is 0 Å². The number of anilines is 1. The third-order valence-electron chi connectivity index (χ3n) is 2.02. The van der Waals surface area contributed by atoms with Gasteiger partial charge in [0.05, 0.1) is 17.8 Å². The fourth-order valence-corrected chi connectivity index (χ4v) is 1.38. The molecule has 2 aromatic heterocycles. The summed E-state index contributed by atoms with van der Waals surface area (Å²) in [6.45, 7) is 0.675. The first-order valence-corrected chi connectivity index (χ1v) is 5.41. The third kappa shape index (κ3) is 2.90. The molecule has 16 heavy (non-hydrogen) atoms. The van der Waals surface area contributed by atoms with Gasteiger partial charge in [0.1, 0.15) is 5.82 Å². The number of rotatable bonds is 4. The molecule has 0 aromatic carbocycles. The summed E-state index contributed by atoms with van der Waals surface area (Å²) in [5.41, 5.74) is 1.86. The lowest BCUT2D eigenvalue weighted by Crippen LogP contribution is -2.03. The van der Waals surface area contributed by atoms with Gasteiger partial charge in [-0.05, 0) is 11.6 Å². The molecule has 0 saturated carbocycles. The number of alkyl halides is 1. The van der Waals surface area contributed by atoms with E-state index in [1.165, 1.54) is 0 Å². The molecule has 0 atom stereocenters. The molecule has 0 bridgehead atoms. The quantitative estimate of drug-likeness (QED) is 0.825. The van der Waals surface area contributed by atoms with E-state index >= 15 is 0 Å². The van der Waals surface area contributed by atoms with Crippen LogP contribution in [0.5, 0.6) is 0 Å². The first-order valence-electron chi connectivity index (χ1n) is 4.88. The zero-order valence-corrected chi connectivity index (χ0v) is 9.35. The highest BCUT2D eigenvalue weighted by atomic mass is 35.5. The van der Waals surface area contributed by atoms with E-state index in [9.17, 15) is 0 Å². The second-order valence-corrected chi connectivity index (χ2v) is 3.51. The van der Waals surface area contributed by atoms with Gasteiger partial charge in [-0.25, -0.2) is 4.98 Å². The molecule has 0 unspecified atom stereocenters. The molecule has 0 saturated heterocycles. The Labute approximate surface area is 98.7 Å². The smallest absolute Gasteiger partial charge is 0.145 e. The second kappa shape index (κ2) is 5.42. The average molecular weight is 235 g/mol. The van der Waals surface area contributed by atoms with Gasteiger partial charge in [-0.15, -0.1) is 11.6 Å². The van der Waals surface area contributed by atoms with Crippen molar-refractivity contribution < 1.29 is 0 Å². The number of nitrogens with zero attached hydrogens (tertiary/aromatic N) is 3. The fraction of sp³-hybridized carbons (Fsp3) is 0.182. The van der Waals surface area contributed by atoms with E-state index in [1.54, 1.807) is 18.6 Å². The Balaban J connectivity index is 1.99. The van der Waals surface area contributed by atoms with Crippen LogP contribution in [0.4, 0.5) is 5.82 Å². The van der Waals surface area contributed by atoms with Crippen LogP contribution in [0.1, 0.15) is 11.3 Å². The topological polar surface area (TPSA) is 50.7 Å². The van der Waals surface area contributed by atoms with Gasteiger partial charge < -0.3 is 5.32 Å². The van der Waals surface area contributed by atoms with E-state index in [-0.39, 0.29) is 0 Å². The lowest BCUT2D eigenvalue weighted by Gasteiger charge is -2.05. The van der Waals surface area contributed by atoms with Crippen molar-refractivity contribution >= 4 is 17.4 Å². The van der Waals surface area contributed by atoms with Gasteiger partial charge in [-0.2, -0.15) is 0 Å². The molecule has 5 heteroatoms. The van der Waals surface area contributed by atoms with Crippen molar-refractivity contribution in [3.05, 3.63) is 48.2 Å². The van der Waals surface area contributed by atoms with E-state index < -0.39 is 0 Å². The maximum absolute atomic E-state index is 5.68. The molecule has 0 aliphatic heterocycles. The molecule has 0 amide bonds. The van der Waals surface area contributed by atoms with Crippen LogP contribution in [0, 0.1) is 0 Å². The van der Waals surface area contributed by atoms with Crippen LogP contribution < -0.4 is 5.32 Å². The minimum absolute atomic E-state index is 0.370. The van der Waals surface area contributed by atoms with Gasteiger partial charge in [0, 0.05) is 25.1 Å². The molecule has 4 nitrogen and oxygen atoms in total. The number of halogens is 1. The molecule has 2 heterocycles. The van der Waals surface area contributed by atoms with Crippen molar-refractivity contribution in [1.82, 2.24) is 15.0 Å². The number of hydrogen-bond acceptors (Lipinski definition) is 4. The summed E-state index contributed by atoms with van der Waals surface area (Å²) in [7, 11) is 0. The Kier molecular flexibility index (Phi) is 3.66. The normalized spacial score (nSPS) is 10.1. The van der Waals surface area contributed by atoms with Crippen molar-refractivity contribution in [2.45, 2.75) is 12.4 Å². The van der Waals surface area contributed by atoms with Crippen molar-refractivity contribution in [2.24, 2.45) is 0 Å². The highest BCUT2D eigenvalue weighted by Gasteiger charge is 1.97. The molecule has 2 rings (SSSR count). The molecule has 2 aromatic rings. The minimum Gasteiger partial charge on any atom is -0.365 e. The number of pyridine rings is 1. The molecule has 0 aliphatic carbocycles. The van der Waals surface area contributed by atoms with Crippen LogP contribution in [0.25, 0.3) is 0 Å². The van der Waals surface area contributed by atoms with Gasteiger partial charge in [-0.1, -0.05) is 6.07 Å². The standard InChI is InChI=1S/C11H11ClN4/c12-4-10-7-14-8-11(16-10)15-6-9-2-1-3-13-5-9/h1-3,5,7-8H,4,6H2,(H,15,16). The third-order valence-corrected chi connectivity index (χ3v) is 2.29. The number of hydrogen-bond donors (Lipinski definition) is 1. The Bertz CT molecular complexity index is 447. The molecule has 0 fully saturated rings. The van der Waals surface area contributed by atoms with Crippen LogP contribution in [-0.4, -0.2) is 15.0 Å². The highest BCUT2D eigenvalue weighted by molar-refractivity contribution is 6.16. The van der Waals surface area contributed by atoms with Gasteiger partial charge in [-0.3, -0.25) is 9.97 Å². The Morgan fingerprint density at radius 2 is 2.12 bits per heavy atom. The summed E-state index contributed by atoms with van der Waals surface area (Å²) in [5.74, 6) is 1.09. The average Bonchev–Trinajstić information content (AvgIpc) is 2.38. The molecule has 82 valence electrons. The van der Waals surface area contributed by atoms with Gasteiger partial charge >= 0.3 is 0 Å². The van der Waals surface area contributed by atoms with Crippen molar-refractivity contribution in [3.8, 4) is 0 Å². The molecule has 0 radical (unpaired) electrons. The van der Waals surface area contributed by atoms with Gasteiger partial charge in [0.25, 0.3) is 0 Å². The Morgan fingerprint density at radius 1 is 1.19 bits per heavy atom. The maximum Gasteiger partial charge on any atom is 0.145 e. The predicted molar refractivity (Wildman–Crippen MR) is 63.2 cm³/mol. The zero-order valence-electron chi connectivity index (χ0n) is 8.60. The first-order chi connectivity index (χ1) is 7.88. The minimum atomic E-state index is 0.370. The van der Waals surface area contributed by atoms with Crippen LogP contribution >= 0.6 is 11.6 Å². The molecular formula is C11H11ClN4. The van der Waals surface area contributed by atoms with Gasteiger partial charge in [0.2, 0.25) is 0 Å². The summed E-state index contributed by atoms with van der Waals surface area (Å²) in [5, 5.41) is 3.16. The monoisotopic (exact) mass is 234 g/mol. The van der Waals surface area contributed by atoms with E-state index in [0.29, 0.717) is 12.4 Å². The lowest BCUT2D eigenvalue weighted by atomic mass is 10.3. The summed E-state index contributed by atoms with van der Waals surface area (Å²) < 4.78 is 0. The molecular weight excluding hydrogens is 224 g/mol. The number of aromatic nitrogens is 3. The summed E-state index contributed by atoms with van der Waals surface area (Å²) in [4.78, 5) is 12.4.